The Bertz CT molecular complexity index is 781. The minimum atomic E-state index is -0.101. The van der Waals surface area contributed by atoms with Crippen molar-refractivity contribution in [3.8, 4) is 0 Å². The zero-order chi connectivity index (χ0) is 20.1. The van der Waals surface area contributed by atoms with E-state index in [1.807, 2.05) is 4.90 Å². The van der Waals surface area contributed by atoms with E-state index in [2.05, 4.69) is 30.4 Å². The summed E-state index contributed by atoms with van der Waals surface area (Å²) in [7, 11) is 0. The van der Waals surface area contributed by atoms with Crippen LogP contribution in [0.15, 0.2) is 18.2 Å². The van der Waals surface area contributed by atoms with E-state index in [0.717, 1.165) is 54.8 Å². The molecule has 0 aromatic heterocycles. The molecule has 3 atom stereocenters. The van der Waals surface area contributed by atoms with Crippen LogP contribution in [0.4, 0.5) is 17.1 Å². The molecule has 4 aliphatic rings. The Balaban J connectivity index is 1.45. The van der Waals surface area contributed by atoms with E-state index in [1.54, 1.807) is 0 Å². The largest absolute Gasteiger partial charge is 0.397 e. The van der Waals surface area contributed by atoms with Gasteiger partial charge in [0, 0.05) is 51.0 Å². The lowest BCUT2D eigenvalue weighted by Crippen LogP contribution is -2.59. The molecule has 3 aliphatic heterocycles. The number of nitrogens with two attached hydrogens (primary N) is 1. The molecule has 5 heteroatoms. The van der Waals surface area contributed by atoms with Crippen LogP contribution in [-0.2, 0) is 4.79 Å². The number of carbonyl (C=O) groups excluding carboxylic acids is 1. The summed E-state index contributed by atoms with van der Waals surface area (Å²) in [6.45, 7) is 6.66. The highest BCUT2D eigenvalue weighted by Crippen LogP contribution is 2.48. The lowest BCUT2D eigenvalue weighted by molar-refractivity contribution is -0.127. The van der Waals surface area contributed by atoms with Crippen LogP contribution in [0.3, 0.4) is 0 Å². The first-order chi connectivity index (χ1) is 14.1. The second-order valence-electron chi connectivity index (χ2n) is 10.1. The maximum Gasteiger partial charge on any atom is 0.233 e. The Morgan fingerprint density at radius 2 is 1.97 bits per heavy atom. The molecule has 5 rings (SSSR count). The Hall–Kier alpha value is -1.59. The average molecular weight is 398 g/mol. The molecule has 1 amide bonds. The molecule has 0 bridgehead atoms. The van der Waals surface area contributed by atoms with E-state index >= 15 is 0 Å². The van der Waals surface area contributed by atoms with Gasteiger partial charge in [0.1, 0.15) is 11.7 Å². The SMILES string of the molecule is C[C@H]1CCC[N+]1(c1ccc(N2CCC3(CCCCC3)C2=O)c(N)c1)[C@@H]1CCNC1. The van der Waals surface area contributed by atoms with Crippen LogP contribution in [-0.4, -0.2) is 44.2 Å². The van der Waals surface area contributed by atoms with Gasteiger partial charge in [-0.05, 0) is 32.3 Å². The predicted molar refractivity (Wildman–Crippen MR) is 120 cm³/mol. The summed E-state index contributed by atoms with van der Waals surface area (Å²) in [4.78, 5) is 15.4. The molecule has 1 aliphatic carbocycles. The first-order valence-corrected chi connectivity index (χ1v) is 11.9. The fraction of sp³-hybridized carbons (Fsp3) is 0.708. The van der Waals surface area contributed by atoms with Gasteiger partial charge in [-0.3, -0.25) is 9.28 Å². The molecule has 3 saturated heterocycles. The molecule has 1 aromatic carbocycles. The summed E-state index contributed by atoms with van der Waals surface area (Å²) >= 11 is 0. The van der Waals surface area contributed by atoms with E-state index in [4.69, 9.17) is 5.73 Å². The van der Waals surface area contributed by atoms with Gasteiger partial charge in [0.05, 0.1) is 29.4 Å². The van der Waals surface area contributed by atoms with E-state index in [-0.39, 0.29) is 5.41 Å². The molecule has 5 nitrogen and oxygen atoms in total. The fourth-order valence-corrected chi connectivity index (χ4v) is 7.06. The van der Waals surface area contributed by atoms with Crippen molar-refractivity contribution < 1.29 is 4.79 Å². The van der Waals surface area contributed by atoms with Crippen LogP contribution >= 0.6 is 0 Å². The van der Waals surface area contributed by atoms with Crippen molar-refractivity contribution in [1.82, 2.24) is 9.80 Å². The third kappa shape index (κ3) is 2.92. The van der Waals surface area contributed by atoms with E-state index < -0.39 is 0 Å². The molecular formula is C24H37N4O+. The average Bonchev–Trinajstić information content (AvgIpc) is 3.45. The molecule has 3 N–H and O–H groups in total. The van der Waals surface area contributed by atoms with Crippen LogP contribution in [0, 0.1) is 5.41 Å². The van der Waals surface area contributed by atoms with Crippen LogP contribution in [0.25, 0.3) is 0 Å². The van der Waals surface area contributed by atoms with Crippen molar-refractivity contribution in [2.45, 2.75) is 76.8 Å². The number of nitrogens with zero attached hydrogens (tertiary/aromatic N) is 2. The van der Waals surface area contributed by atoms with Crippen molar-refractivity contribution in [3.05, 3.63) is 18.2 Å². The summed E-state index contributed by atoms with van der Waals surface area (Å²) < 4.78 is 1.06. The third-order valence-electron chi connectivity index (χ3n) is 8.73. The highest BCUT2D eigenvalue weighted by atomic mass is 16.2. The second-order valence-corrected chi connectivity index (χ2v) is 10.1. The van der Waals surface area contributed by atoms with Gasteiger partial charge < -0.3 is 16.0 Å². The highest BCUT2D eigenvalue weighted by molar-refractivity contribution is 6.02. The molecule has 4 fully saturated rings. The number of rotatable bonds is 3. The predicted octanol–water partition coefficient (Wildman–Crippen LogP) is 3.81. The molecule has 158 valence electrons. The van der Waals surface area contributed by atoms with Crippen molar-refractivity contribution in [1.29, 1.82) is 0 Å². The zero-order valence-electron chi connectivity index (χ0n) is 18.0. The number of nitrogen functional groups attached to an aromatic ring is 1. The Morgan fingerprint density at radius 3 is 2.62 bits per heavy atom. The van der Waals surface area contributed by atoms with Gasteiger partial charge in [-0.25, -0.2) is 0 Å². The van der Waals surface area contributed by atoms with Gasteiger partial charge in [-0.2, -0.15) is 0 Å². The van der Waals surface area contributed by atoms with Crippen LogP contribution < -0.4 is 20.4 Å². The monoisotopic (exact) mass is 397 g/mol. The van der Waals surface area contributed by atoms with Gasteiger partial charge >= 0.3 is 0 Å². The Morgan fingerprint density at radius 1 is 1.14 bits per heavy atom. The summed E-state index contributed by atoms with van der Waals surface area (Å²) in [5.41, 5.74) is 9.61. The molecule has 3 heterocycles. The normalized spacial score (nSPS) is 34.4. The number of amides is 1. The van der Waals surface area contributed by atoms with Crippen molar-refractivity contribution in [2.24, 2.45) is 5.41 Å². The smallest absolute Gasteiger partial charge is 0.233 e. The maximum atomic E-state index is 13.4. The summed E-state index contributed by atoms with van der Waals surface area (Å²) in [5.74, 6) is 0.329. The first kappa shape index (κ1) is 19.4. The maximum absolute atomic E-state index is 13.4. The fourth-order valence-electron chi connectivity index (χ4n) is 7.06. The van der Waals surface area contributed by atoms with E-state index in [9.17, 15) is 4.79 Å². The standard InChI is InChI=1S/C24H37N4O/c1-18-6-5-15-28(18,20-9-13-26-17-20)19-7-8-22(21(25)16-19)27-14-12-24(23(27)29)10-3-2-4-11-24/h7-8,16,18,20,26H,2-6,9-15,17,25H2,1H3/q+1/t18-,20+,28?/m0/s1. The van der Waals surface area contributed by atoms with Crippen molar-refractivity contribution in [3.63, 3.8) is 0 Å². The van der Waals surface area contributed by atoms with Crippen molar-refractivity contribution in [2.75, 3.05) is 36.8 Å². The quantitative estimate of drug-likeness (QED) is 0.602. The number of nitrogens with one attached hydrogen (secondary N) is 1. The van der Waals surface area contributed by atoms with Crippen LogP contribution in [0.1, 0.15) is 64.7 Å². The van der Waals surface area contributed by atoms with Crippen LogP contribution in [0.2, 0.25) is 0 Å². The number of hydrogen-bond donors (Lipinski definition) is 2. The molecule has 1 aromatic rings. The number of carbonyl (C=O) groups is 1. The summed E-state index contributed by atoms with van der Waals surface area (Å²) in [6.07, 6.45) is 10.6. The molecule has 1 saturated carbocycles. The highest BCUT2D eigenvalue weighted by Gasteiger charge is 2.50. The molecular weight excluding hydrogens is 360 g/mol. The van der Waals surface area contributed by atoms with Crippen molar-refractivity contribution >= 4 is 23.0 Å². The second kappa shape index (κ2) is 7.28. The van der Waals surface area contributed by atoms with Gasteiger partial charge in [-0.1, -0.05) is 19.3 Å². The lowest BCUT2D eigenvalue weighted by atomic mass is 9.73. The van der Waals surface area contributed by atoms with Gasteiger partial charge in [0.25, 0.3) is 0 Å². The minimum absolute atomic E-state index is 0.101. The zero-order valence-corrected chi connectivity index (χ0v) is 18.0. The molecule has 29 heavy (non-hydrogen) atoms. The van der Waals surface area contributed by atoms with E-state index in [1.165, 1.54) is 50.8 Å². The van der Waals surface area contributed by atoms with Gasteiger partial charge in [-0.15, -0.1) is 0 Å². The third-order valence-corrected chi connectivity index (χ3v) is 8.73. The minimum Gasteiger partial charge on any atom is -0.397 e. The summed E-state index contributed by atoms with van der Waals surface area (Å²) in [6, 6.07) is 7.90. The summed E-state index contributed by atoms with van der Waals surface area (Å²) in [5, 5.41) is 3.57. The topological polar surface area (TPSA) is 58.4 Å². The van der Waals surface area contributed by atoms with Gasteiger partial charge in [0.2, 0.25) is 5.91 Å². The van der Waals surface area contributed by atoms with Crippen LogP contribution in [0.5, 0.6) is 0 Å². The molecule has 0 radical (unpaired) electrons. The Labute approximate surface area is 175 Å². The van der Waals surface area contributed by atoms with E-state index in [0.29, 0.717) is 18.0 Å². The number of anilines is 2. The first-order valence-electron chi connectivity index (χ1n) is 11.9. The van der Waals surface area contributed by atoms with Gasteiger partial charge in [0.15, 0.2) is 0 Å². The lowest BCUT2D eigenvalue weighted by Gasteiger charge is -2.43. The Kier molecular flexibility index (Phi) is 4.86. The number of hydrogen-bond acceptors (Lipinski definition) is 3. The molecule has 1 unspecified atom stereocenters. The number of benzene rings is 1. The number of quaternary nitrogens is 1. The molecule has 1 spiro atoms. The number of likely N-dealkylation sites (tertiary alicyclic amines) is 1.